The number of pyridine rings is 1. The molecule has 0 atom stereocenters. The Bertz CT molecular complexity index is 447. The molecular formula is C10H9NO2. The van der Waals surface area contributed by atoms with E-state index in [0.29, 0.717) is 5.75 Å². The second-order valence-corrected chi connectivity index (χ2v) is 2.78. The number of rotatable bonds is 1. The minimum atomic E-state index is -0.0822. The number of H-pyrrole nitrogens is 1. The van der Waals surface area contributed by atoms with Crippen molar-refractivity contribution in [2.45, 2.75) is 0 Å². The number of benzene rings is 1. The van der Waals surface area contributed by atoms with E-state index < -0.39 is 0 Å². The first-order valence-electron chi connectivity index (χ1n) is 3.96. The minimum absolute atomic E-state index is 0.0822. The van der Waals surface area contributed by atoms with Gasteiger partial charge < -0.3 is 9.72 Å². The van der Waals surface area contributed by atoms with Gasteiger partial charge in [0, 0.05) is 18.0 Å². The lowest BCUT2D eigenvalue weighted by atomic mass is 10.1. The van der Waals surface area contributed by atoms with Crippen LogP contribution in [0.2, 0.25) is 0 Å². The van der Waals surface area contributed by atoms with E-state index in [2.05, 4.69) is 4.98 Å². The van der Waals surface area contributed by atoms with E-state index in [1.807, 2.05) is 12.3 Å². The number of ether oxygens (including phenoxy) is 1. The van der Waals surface area contributed by atoms with Crippen LogP contribution in [-0.2, 0) is 0 Å². The molecule has 1 heterocycles. The summed E-state index contributed by atoms with van der Waals surface area (Å²) in [6.07, 6.45) is 3.62. The van der Waals surface area contributed by atoms with E-state index in [1.54, 1.807) is 18.3 Å². The fraction of sp³-hybridized carbons (Fsp3) is 0.100. The summed E-state index contributed by atoms with van der Waals surface area (Å²) in [6.45, 7) is 0. The number of hydrogen-bond donors (Lipinski definition) is 1. The first kappa shape index (κ1) is 7.86. The third kappa shape index (κ3) is 1.28. The van der Waals surface area contributed by atoms with E-state index in [0.717, 1.165) is 11.1 Å². The Balaban J connectivity index is 2.76. The average Bonchev–Trinajstić information content (AvgIpc) is 2.17. The molecule has 0 aromatic heterocycles. The topological polar surface area (TPSA) is 42.1 Å². The number of aromatic amines is 1. The van der Waals surface area contributed by atoms with Crippen molar-refractivity contribution in [2.24, 2.45) is 0 Å². The first-order chi connectivity index (χ1) is 6.31. The molecule has 0 saturated heterocycles. The molecule has 1 aliphatic carbocycles. The van der Waals surface area contributed by atoms with Gasteiger partial charge in [0.05, 0.1) is 7.11 Å². The van der Waals surface area contributed by atoms with E-state index >= 15 is 0 Å². The van der Waals surface area contributed by atoms with Crippen molar-refractivity contribution in [1.29, 1.82) is 0 Å². The lowest BCUT2D eigenvalue weighted by Crippen LogP contribution is -2.04. The van der Waals surface area contributed by atoms with Crippen molar-refractivity contribution in [1.82, 2.24) is 4.98 Å². The van der Waals surface area contributed by atoms with E-state index in [9.17, 15) is 4.79 Å². The molecule has 1 N–H and O–H groups in total. The summed E-state index contributed by atoms with van der Waals surface area (Å²) in [5, 5.41) is 0. The van der Waals surface area contributed by atoms with Crippen molar-refractivity contribution >= 4 is 0 Å². The van der Waals surface area contributed by atoms with Crippen LogP contribution in [0.4, 0.5) is 0 Å². The van der Waals surface area contributed by atoms with Gasteiger partial charge in [-0.25, -0.2) is 0 Å². The van der Waals surface area contributed by atoms with Crippen LogP contribution in [0.25, 0.3) is 11.1 Å². The normalized spacial score (nSPS) is 10.2. The summed E-state index contributed by atoms with van der Waals surface area (Å²) in [7, 11) is 1.50. The Morgan fingerprint density at radius 2 is 2.15 bits per heavy atom. The van der Waals surface area contributed by atoms with Crippen LogP contribution in [0.3, 0.4) is 0 Å². The largest absolute Gasteiger partial charge is 0.493 e. The highest BCUT2D eigenvalue weighted by Crippen LogP contribution is 2.21. The van der Waals surface area contributed by atoms with Crippen LogP contribution in [0.1, 0.15) is 0 Å². The Hall–Kier alpha value is -1.77. The zero-order chi connectivity index (χ0) is 9.26. The molecule has 0 amide bonds. The van der Waals surface area contributed by atoms with Gasteiger partial charge in [0.25, 0.3) is 0 Å². The predicted octanol–water partition coefficient (Wildman–Crippen LogP) is 1.49. The molecule has 13 heavy (non-hydrogen) atoms. The quantitative estimate of drug-likeness (QED) is 0.713. The molecule has 1 aliphatic heterocycles. The number of fused-ring (bicyclic) bond motifs is 1. The molecule has 0 bridgehead atoms. The average molecular weight is 175 g/mol. The molecule has 0 radical (unpaired) electrons. The van der Waals surface area contributed by atoms with Gasteiger partial charge in [-0.05, 0) is 23.8 Å². The van der Waals surface area contributed by atoms with Crippen LogP contribution in [0, 0.1) is 0 Å². The molecule has 0 saturated carbocycles. The second kappa shape index (κ2) is 2.94. The number of methoxy groups -OCH3 is 1. The van der Waals surface area contributed by atoms with Gasteiger partial charge in [-0.3, -0.25) is 4.79 Å². The fourth-order valence-corrected chi connectivity index (χ4v) is 1.30. The molecule has 3 nitrogen and oxygen atoms in total. The fourth-order valence-electron chi connectivity index (χ4n) is 1.30. The van der Waals surface area contributed by atoms with Gasteiger partial charge in [0.15, 0.2) is 5.75 Å². The molecule has 66 valence electrons. The van der Waals surface area contributed by atoms with Crippen molar-refractivity contribution < 1.29 is 4.74 Å². The van der Waals surface area contributed by atoms with Crippen LogP contribution in [0.15, 0.2) is 35.4 Å². The predicted molar refractivity (Wildman–Crippen MR) is 50.2 cm³/mol. The summed E-state index contributed by atoms with van der Waals surface area (Å²) in [6, 6.07) is 5.16. The minimum Gasteiger partial charge on any atom is -0.493 e. The number of nitrogens with one attached hydrogen (secondary N) is 1. The van der Waals surface area contributed by atoms with Crippen LogP contribution in [0.5, 0.6) is 5.75 Å². The Labute approximate surface area is 75.3 Å². The monoisotopic (exact) mass is 175 g/mol. The third-order valence-corrected chi connectivity index (χ3v) is 1.97. The Morgan fingerprint density at radius 3 is 2.92 bits per heavy atom. The van der Waals surface area contributed by atoms with E-state index in [4.69, 9.17) is 4.74 Å². The van der Waals surface area contributed by atoms with Gasteiger partial charge >= 0.3 is 0 Å². The molecule has 0 aromatic carbocycles. The smallest absolute Gasteiger partial charge is 0.220 e. The van der Waals surface area contributed by atoms with Gasteiger partial charge in [-0.1, -0.05) is 0 Å². The van der Waals surface area contributed by atoms with Crippen LogP contribution in [-0.4, -0.2) is 12.1 Å². The standard InChI is InChI=1S/C10H9NO2/c1-13-10-5-8-6-11-3-2-7(8)4-9(10)12/h2-6,11H,1H3. The van der Waals surface area contributed by atoms with Crippen LogP contribution >= 0.6 is 0 Å². The summed E-state index contributed by atoms with van der Waals surface area (Å²) >= 11 is 0. The third-order valence-electron chi connectivity index (χ3n) is 1.97. The molecular weight excluding hydrogens is 166 g/mol. The zero-order valence-corrected chi connectivity index (χ0v) is 7.20. The summed E-state index contributed by atoms with van der Waals surface area (Å²) in [4.78, 5) is 14.3. The van der Waals surface area contributed by atoms with Gasteiger partial charge in [0.2, 0.25) is 5.43 Å². The highest BCUT2D eigenvalue weighted by Gasteiger charge is 2.05. The summed E-state index contributed by atoms with van der Waals surface area (Å²) in [5.41, 5.74) is 1.81. The van der Waals surface area contributed by atoms with E-state index in [-0.39, 0.29) is 5.43 Å². The second-order valence-electron chi connectivity index (χ2n) is 2.78. The van der Waals surface area contributed by atoms with Crippen molar-refractivity contribution in [3.63, 3.8) is 0 Å². The van der Waals surface area contributed by atoms with Crippen molar-refractivity contribution in [3.05, 3.63) is 40.8 Å². The summed E-state index contributed by atoms with van der Waals surface area (Å²) < 4.78 is 4.93. The van der Waals surface area contributed by atoms with Gasteiger partial charge in [-0.2, -0.15) is 0 Å². The maximum absolute atomic E-state index is 11.3. The Kier molecular flexibility index (Phi) is 1.77. The molecule has 0 unspecified atom stereocenters. The van der Waals surface area contributed by atoms with Gasteiger partial charge in [0.1, 0.15) is 0 Å². The van der Waals surface area contributed by atoms with E-state index in [1.165, 1.54) is 7.11 Å². The highest BCUT2D eigenvalue weighted by molar-refractivity contribution is 5.65. The number of aromatic nitrogens is 1. The lowest BCUT2D eigenvalue weighted by Gasteiger charge is -2.05. The highest BCUT2D eigenvalue weighted by atomic mass is 16.5. The van der Waals surface area contributed by atoms with Gasteiger partial charge in [-0.15, -0.1) is 0 Å². The molecule has 0 fully saturated rings. The molecule has 2 rings (SSSR count). The molecule has 2 aliphatic rings. The first-order valence-corrected chi connectivity index (χ1v) is 3.96. The van der Waals surface area contributed by atoms with Crippen molar-refractivity contribution in [3.8, 4) is 16.9 Å². The molecule has 0 spiro atoms. The number of hydrogen-bond acceptors (Lipinski definition) is 2. The Morgan fingerprint density at radius 1 is 1.31 bits per heavy atom. The molecule has 3 heteroatoms. The maximum Gasteiger partial charge on any atom is 0.220 e. The maximum atomic E-state index is 11.3. The SMILES string of the molecule is COc1cc2c[nH]ccc-2cc1=O. The van der Waals surface area contributed by atoms with Crippen molar-refractivity contribution in [2.75, 3.05) is 7.11 Å². The lowest BCUT2D eigenvalue weighted by molar-refractivity contribution is 0.411. The van der Waals surface area contributed by atoms with Crippen LogP contribution < -0.4 is 10.2 Å². The summed E-state index contributed by atoms with van der Waals surface area (Å²) in [5.74, 6) is 0.382. The molecule has 0 aromatic rings. The zero-order valence-electron chi connectivity index (χ0n) is 7.20.